The molecule has 1 aliphatic rings. The molecule has 1 atom stereocenters. The van der Waals surface area contributed by atoms with E-state index in [9.17, 15) is 9.59 Å². The zero-order chi connectivity index (χ0) is 20.4. The standard InChI is InChI=1S/C16H20IN9O2/c1-3-8(13(18)27)22-16-23-15(11(14(19)28)24-25-16)21-9-5-4-7-6-20-26(2)12(7)10(9)17/h4-6,8,21,24H,3H2,1-2H3,(H2,18,27)(H2,19,28)(H2,22,23,25)/t8-/m1/s1. The number of benzene rings is 1. The van der Waals surface area contributed by atoms with Crippen LogP contribution in [0.15, 0.2) is 34.8 Å². The molecule has 0 radical (unpaired) electrons. The summed E-state index contributed by atoms with van der Waals surface area (Å²) in [5.41, 5.74) is 18.0. The number of aromatic nitrogens is 2. The van der Waals surface area contributed by atoms with Crippen LogP contribution in [0.5, 0.6) is 0 Å². The molecule has 8 N–H and O–H groups in total. The molecule has 0 aliphatic carbocycles. The molecule has 0 bridgehead atoms. The Balaban J connectivity index is 1.96. The Morgan fingerprint density at radius 2 is 2.11 bits per heavy atom. The fraction of sp³-hybridized carbons (Fsp3) is 0.250. The van der Waals surface area contributed by atoms with E-state index in [1.54, 1.807) is 17.8 Å². The van der Waals surface area contributed by atoms with Crippen molar-refractivity contribution in [1.29, 1.82) is 0 Å². The zero-order valence-corrected chi connectivity index (χ0v) is 17.4. The third-order valence-corrected chi connectivity index (χ3v) is 5.24. The number of aliphatic imine (C=N–C) groups is 1. The molecule has 11 nitrogen and oxygen atoms in total. The Morgan fingerprint density at radius 3 is 2.75 bits per heavy atom. The summed E-state index contributed by atoms with van der Waals surface area (Å²) < 4.78 is 2.68. The first-order valence-electron chi connectivity index (χ1n) is 8.39. The van der Waals surface area contributed by atoms with Gasteiger partial charge in [0.15, 0.2) is 5.70 Å². The molecule has 2 amide bonds. The van der Waals surface area contributed by atoms with Crippen LogP contribution >= 0.6 is 22.6 Å². The summed E-state index contributed by atoms with van der Waals surface area (Å²) in [6, 6.07) is 3.08. The van der Waals surface area contributed by atoms with Crippen LogP contribution in [-0.2, 0) is 16.6 Å². The number of nitrogens with zero attached hydrogens (tertiary/aromatic N) is 3. The summed E-state index contributed by atoms with van der Waals surface area (Å²) in [7, 11) is 1.85. The van der Waals surface area contributed by atoms with Crippen LogP contribution in [0, 0.1) is 3.57 Å². The fourth-order valence-corrected chi connectivity index (χ4v) is 3.68. The van der Waals surface area contributed by atoms with Gasteiger partial charge in [0.25, 0.3) is 5.91 Å². The molecular formula is C16H20IN9O2. The van der Waals surface area contributed by atoms with Gasteiger partial charge in [0.1, 0.15) is 11.9 Å². The second kappa shape index (κ2) is 7.92. The molecule has 1 aliphatic heterocycles. The second-order valence-corrected chi connectivity index (χ2v) is 7.13. The second-order valence-electron chi connectivity index (χ2n) is 6.05. The average molecular weight is 497 g/mol. The van der Waals surface area contributed by atoms with Crippen molar-refractivity contribution in [3.8, 4) is 0 Å². The van der Waals surface area contributed by atoms with Crippen LogP contribution in [0.1, 0.15) is 13.3 Å². The van der Waals surface area contributed by atoms with Crippen molar-refractivity contribution in [3.63, 3.8) is 0 Å². The monoisotopic (exact) mass is 497 g/mol. The van der Waals surface area contributed by atoms with Gasteiger partial charge in [-0.3, -0.25) is 25.1 Å². The Bertz CT molecular complexity index is 1010. The van der Waals surface area contributed by atoms with Gasteiger partial charge >= 0.3 is 0 Å². The van der Waals surface area contributed by atoms with Crippen molar-refractivity contribution in [2.75, 3.05) is 5.32 Å². The third-order valence-electron chi connectivity index (χ3n) is 4.15. The number of amides is 2. The number of guanidine groups is 1. The van der Waals surface area contributed by atoms with Gasteiger partial charge in [-0.25, -0.2) is 4.99 Å². The van der Waals surface area contributed by atoms with Gasteiger partial charge in [0.2, 0.25) is 11.9 Å². The maximum atomic E-state index is 11.8. The molecule has 0 fully saturated rings. The van der Waals surface area contributed by atoms with E-state index in [4.69, 9.17) is 11.5 Å². The molecular weight excluding hydrogens is 477 g/mol. The molecule has 2 aromatic rings. The highest BCUT2D eigenvalue weighted by Crippen LogP contribution is 2.28. The highest BCUT2D eigenvalue weighted by molar-refractivity contribution is 14.1. The van der Waals surface area contributed by atoms with Crippen molar-refractivity contribution >= 4 is 57.0 Å². The van der Waals surface area contributed by atoms with Crippen molar-refractivity contribution < 1.29 is 9.59 Å². The molecule has 0 saturated heterocycles. The van der Waals surface area contributed by atoms with E-state index in [-0.39, 0.29) is 11.7 Å². The largest absolute Gasteiger partial charge is 0.368 e. The average Bonchev–Trinajstić information content (AvgIpc) is 3.03. The Labute approximate surface area is 174 Å². The van der Waals surface area contributed by atoms with E-state index < -0.39 is 17.9 Å². The van der Waals surface area contributed by atoms with Gasteiger partial charge in [0.05, 0.1) is 21.0 Å². The van der Waals surface area contributed by atoms with E-state index in [1.165, 1.54) is 0 Å². The van der Waals surface area contributed by atoms with Crippen molar-refractivity contribution in [2.45, 2.75) is 19.4 Å². The minimum absolute atomic E-state index is 0.0898. The summed E-state index contributed by atoms with van der Waals surface area (Å²) in [4.78, 5) is 27.5. The minimum atomic E-state index is -0.709. The quantitative estimate of drug-likeness (QED) is 0.295. The Kier molecular flexibility index (Phi) is 5.58. The van der Waals surface area contributed by atoms with Crippen LogP contribution in [0.25, 0.3) is 10.9 Å². The van der Waals surface area contributed by atoms with Crippen molar-refractivity contribution in [2.24, 2.45) is 23.5 Å². The first-order chi connectivity index (χ1) is 13.3. The first-order valence-corrected chi connectivity index (χ1v) is 9.47. The number of nitrogens with two attached hydrogens (primary N) is 2. The predicted octanol–water partition coefficient (Wildman–Crippen LogP) is -0.438. The number of carbonyl (C=O) groups is 2. The lowest BCUT2D eigenvalue weighted by Crippen LogP contribution is -2.55. The molecule has 0 spiro atoms. The molecule has 28 heavy (non-hydrogen) atoms. The number of hydrogen-bond acceptors (Lipinski definition) is 6. The topological polar surface area (TPSA) is 164 Å². The number of anilines is 1. The zero-order valence-electron chi connectivity index (χ0n) is 15.2. The van der Waals surface area contributed by atoms with E-state index in [1.807, 2.05) is 19.2 Å². The van der Waals surface area contributed by atoms with E-state index in [0.717, 1.165) is 20.2 Å². The summed E-state index contributed by atoms with van der Waals surface area (Å²) in [6.45, 7) is 1.80. The highest BCUT2D eigenvalue weighted by Gasteiger charge is 2.23. The molecule has 2 heterocycles. The molecule has 148 valence electrons. The van der Waals surface area contributed by atoms with Gasteiger partial charge in [-0.15, -0.1) is 0 Å². The Hall–Kier alpha value is -3.03. The lowest BCUT2D eigenvalue weighted by Gasteiger charge is -2.26. The number of carbonyl (C=O) groups excluding carboxylic acids is 2. The van der Waals surface area contributed by atoms with Gasteiger partial charge in [-0.1, -0.05) is 6.92 Å². The predicted molar refractivity (Wildman–Crippen MR) is 113 cm³/mol. The number of primary amides is 2. The SMILES string of the molecule is CC[C@@H](N=C1NNC(C(N)=O)=C(Nc2ccc3cnn(C)c3c2I)N1)C(N)=O. The van der Waals surface area contributed by atoms with Crippen LogP contribution in [0.3, 0.4) is 0 Å². The lowest BCUT2D eigenvalue weighted by atomic mass is 10.2. The van der Waals surface area contributed by atoms with Crippen molar-refractivity contribution in [1.82, 2.24) is 25.9 Å². The van der Waals surface area contributed by atoms with Crippen LogP contribution in [-0.4, -0.2) is 33.6 Å². The van der Waals surface area contributed by atoms with Crippen LogP contribution < -0.4 is 33.0 Å². The Morgan fingerprint density at radius 1 is 1.36 bits per heavy atom. The summed E-state index contributed by atoms with van der Waals surface area (Å²) >= 11 is 2.20. The first kappa shape index (κ1) is 19.7. The van der Waals surface area contributed by atoms with Gasteiger partial charge in [-0.05, 0) is 41.1 Å². The molecule has 0 unspecified atom stereocenters. The van der Waals surface area contributed by atoms with Crippen LogP contribution in [0.2, 0.25) is 0 Å². The van der Waals surface area contributed by atoms with Gasteiger partial charge in [-0.2, -0.15) is 5.10 Å². The van der Waals surface area contributed by atoms with Crippen molar-refractivity contribution in [3.05, 3.63) is 33.4 Å². The summed E-state index contributed by atoms with van der Waals surface area (Å²) in [5.74, 6) is -0.701. The normalized spacial score (nSPS) is 16.3. The number of hydrogen-bond donors (Lipinski definition) is 6. The van der Waals surface area contributed by atoms with E-state index in [2.05, 4.69) is 54.2 Å². The number of aryl methyl sites for hydroxylation is 1. The van der Waals surface area contributed by atoms with E-state index in [0.29, 0.717) is 12.2 Å². The number of rotatable bonds is 6. The van der Waals surface area contributed by atoms with Crippen LogP contribution in [0.4, 0.5) is 5.69 Å². The van der Waals surface area contributed by atoms with Gasteiger partial charge in [0, 0.05) is 12.4 Å². The number of hydrazine groups is 1. The number of fused-ring (bicyclic) bond motifs is 1. The van der Waals surface area contributed by atoms with E-state index >= 15 is 0 Å². The maximum Gasteiger partial charge on any atom is 0.270 e. The molecule has 1 aromatic carbocycles. The molecule has 3 rings (SSSR count). The maximum absolute atomic E-state index is 11.8. The lowest BCUT2D eigenvalue weighted by molar-refractivity contribution is -0.119. The number of halogens is 1. The van der Waals surface area contributed by atoms with Gasteiger partial charge < -0.3 is 22.1 Å². The number of nitrogens with one attached hydrogen (secondary N) is 4. The summed E-state index contributed by atoms with van der Waals surface area (Å²) in [6.07, 6.45) is 2.21. The minimum Gasteiger partial charge on any atom is -0.368 e. The molecule has 1 aromatic heterocycles. The highest BCUT2D eigenvalue weighted by atomic mass is 127. The summed E-state index contributed by atoms with van der Waals surface area (Å²) in [5, 5.41) is 11.4. The fourth-order valence-electron chi connectivity index (χ4n) is 2.70. The smallest absolute Gasteiger partial charge is 0.270 e. The third kappa shape index (κ3) is 3.81. The molecule has 12 heteroatoms. The molecule has 0 saturated carbocycles.